The van der Waals surface area contributed by atoms with E-state index in [0.29, 0.717) is 11.0 Å². The first-order valence-corrected chi connectivity index (χ1v) is 6.29. The van der Waals surface area contributed by atoms with Gasteiger partial charge < -0.3 is 9.72 Å². The Morgan fingerprint density at radius 1 is 1.15 bits per heavy atom. The first kappa shape index (κ1) is 12.3. The zero-order chi connectivity index (χ0) is 14.1. The maximum atomic E-state index is 12.0. The summed E-state index contributed by atoms with van der Waals surface area (Å²) in [4.78, 5) is 30.5. The van der Waals surface area contributed by atoms with Crippen LogP contribution in [0.25, 0.3) is 21.8 Å². The summed E-state index contributed by atoms with van der Waals surface area (Å²) in [6.45, 7) is 2.01. The molecule has 0 amide bonds. The molecule has 1 N–H and O–H groups in total. The highest BCUT2D eigenvalue weighted by atomic mass is 16.5. The topological polar surface area (TPSA) is 72.0 Å². The Morgan fingerprint density at radius 2 is 1.90 bits per heavy atom. The highest BCUT2D eigenvalue weighted by Gasteiger charge is 2.11. The molecule has 0 spiro atoms. The van der Waals surface area contributed by atoms with Crippen molar-refractivity contribution in [1.82, 2.24) is 9.97 Å². The Hall–Kier alpha value is -2.69. The van der Waals surface area contributed by atoms with Crippen LogP contribution in [0.3, 0.4) is 0 Å². The van der Waals surface area contributed by atoms with E-state index in [9.17, 15) is 9.59 Å². The van der Waals surface area contributed by atoms with Gasteiger partial charge in [0.05, 0.1) is 6.61 Å². The fourth-order valence-electron chi connectivity index (χ4n) is 2.18. The largest absolute Gasteiger partial charge is 0.461 e. The van der Waals surface area contributed by atoms with Crippen molar-refractivity contribution in [3.63, 3.8) is 0 Å². The van der Waals surface area contributed by atoms with Crippen molar-refractivity contribution in [2.24, 2.45) is 0 Å². The van der Waals surface area contributed by atoms with Gasteiger partial charge in [0.1, 0.15) is 5.65 Å². The minimum absolute atomic E-state index is 0.185. The summed E-state index contributed by atoms with van der Waals surface area (Å²) < 4.78 is 4.90. The van der Waals surface area contributed by atoms with E-state index in [2.05, 4.69) is 9.97 Å². The highest BCUT2D eigenvalue weighted by molar-refractivity contribution is 6.04. The molecular weight excluding hydrogens is 256 g/mol. The molecule has 100 valence electrons. The number of benzene rings is 1. The number of nitrogens with one attached hydrogen (secondary N) is 1. The van der Waals surface area contributed by atoms with E-state index in [4.69, 9.17) is 4.74 Å². The van der Waals surface area contributed by atoms with Gasteiger partial charge in [-0.3, -0.25) is 4.79 Å². The normalized spacial score (nSPS) is 10.8. The smallest absolute Gasteiger partial charge is 0.356 e. The number of aromatic amines is 1. The van der Waals surface area contributed by atoms with Crippen molar-refractivity contribution in [3.8, 4) is 0 Å². The third kappa shape index (κ3) is 1.93. The first-order valence-electron chi connectivity index (χ1n) is 6.29. The molecule has 0 aliphatic carbocycles. The number of carbonyl (C=O) groups is 1. The lowest BCUT2D eigenvalue weighted by Crippen LogP contribution is -2.11. The Balaban J connectivity index is 2.29. The molecule has 3 rings (SSSR count). The molecule has 0 saturated carbocycles. The quantitative estimate of drug-likeness (QED) is 0.571. The van der Waals surface area contributed by atoms with Gasteiger partial charge in [0.15, 0.2) is 5.69 Å². The fourth-order valence-corrected chi connectivity index (χ4v) is 2.18. The molecule has 0 aliphatic heterocycles. The Labute approximate surface area is 114 Å². The van der Waals surface area contributed by atoms with Crippen LogP contribution in [-0.4, -0.2) is 22.5 Å². The predicted octanol–water partition coefficient (Wildman–Crippen LogP) is 2.25. The Kier molecular flexibility index (Phi) is 2.95. The number of hydrogen-bond donors (Lipinski definition) is 1. The number of ether oxygens (including phenoxy) is 1. The lowest BCUT2D eigenvalue weighted by Gasteiger charge is -2.05. The molecule has 0 atom stereocenters. The lowest BCUT2D eigenvalue weighted by molar-refractivity contribution is 0.0520. The highest BCUT2D eigenvalue weighted by Crippen LogP contribution is 2.20. The molecule has 0 saturated heterocycles. The second kappa shape index (κ2) is 4.77. The average Bonchev–Trinajstić information content (AvgIpc) is 2.47. The Bertz CT molecular complexity index is 868. The number of carbonyl (C=O) groups excluding carboxylic acids is 1. The van der Waals surface area contributed by atoms with Gasteiger partial charge in [-0.15, -0.1) is 0 Å². The van der Waals surface area contributed by atoms with E-state index in [-0.39, 0.29) is 17.9 Å². The summed E-state index contributed by atoms with van der Waals surface area (Å²) in [7, 11) is 0. The number of rotatable bonds is 2. The van der Waals surface area contributed by atoms with Gasteiger partial charge in [0.2, 0.25) is 0 Å². The average molecular weight is 268 g/mol. The van der Waals surface area contributed by atoms with Crippen LogP contribution in [0.5, 0.6) is 0 Å². The fraction of sp³-hybridized carbons (Fsp3) is 0.133. The number of pyridine rings is 2. The lowest BCUT2D eigenvalue weighted by atomic mass is 10.1. The number of H-pyrrole nitrogens is 1. The number of fused-ring (bicyclic) bond motifs is 3. The van der Waals surface area contributed by atoms with Gasteiger partial charge in [-0.05, 0) is 30.5 Å². The number of esters is 1. The van der Waals surface area contributed by atoms with Crippen LogP contribution in [0.2, 0.25) is 0 Å². The minimum Gasteiger partial charge on any atom is -0.461 e. The molecule has 3 aromatic rings. The SMILES string of the molecule is CCOC(=O)c1ccc2c(n1)[nH]c(=O)c1ccccc12. The van der Waals surface area contributed by atoms with E-state index >= 15 is 0 Å². The van der Waals surface area contributed by atoms with Crippen molar-refractivity contribution in [2.45, 2.75) is 6.92 Å². The van der Waals surface area contributed by atoms with Gasteiger partial charge in [-0.25, -0.2) is 9.78 Å². The molecule has 5 heteroatoms. The maximum Gasteiger partial charge on any atom is 0.356 e. The van der Waals surface area contributed by atoms with Crippen LogP contribution in [0.15, 0.2) is 41.2 Å². The molecular formula is C15H12N2O3. The van der Waals surface area contributed by atoms with E-state index in [1.807, 2.05) is 18.2 Å². The second-order valence-electron chi connectivity index (χ2n) is 4.31. The molecule has 5 nitrogen and oxygen atoms in total. The summed E-state index contributed by atoms with van der Waals surface area (Å²) in [6, 6.07) is 10.7. The van der Waals surface area contributed by atoms with Crippen molar-refractivity contribution >= 4 is 27.8 Å². The number of nitrogens with zero attached hydrogens (tertiary/aromatic N) is 1. The van der Waals surface area contributed by atoms with Crippen LogP contribution < -0.4 is 5.56 Å². The predicted molar refractivity (Wildman–Crippen MR) is 75.8 cm³/mol. The van der Waals surface area contributed by atoms with E-state index < -0.39 is 5.97 Å². The zero-order valence-corrected chi connectivity index (χ0v) is 10.8. The standard InChI is InChI=1S/C15H12N2O3/c1-2-20-15(19)12-8-7-10-9-5-3-4-6-11(9)14(18)17-13(10)16-12/h3-8H,2H2,1H3,(H,16,17,18). The van der Waals surface area contributed by atoms with Crippen molar-refractivity contribution in [1.29, 1.82) is 0 Å². The summed E-state index contributed by atoms with van der Waals surface area (Å²) >= 11 is 0. The second-order valence-corrected chi connectivity index (χ2v) is 4.31. The third-order valence-electron chi connectivity index (χ3n) is 3.07. The summed E-state index contributed by atoms with van der Waals surface area (Å²) in [6.07, 6.45) is 0. The van der Waals surface area contributed by atoms with Crippen LogP contribution in [0.1, 0.15) is 17.4 Å². The summed E-state index contributed by atoms with van der Waals surface area (Å²) in [5.41, 5.74) is 0.353. The molecule has 0 unspecified atom stereocenters. The minimum atomic E-state index is -0.497. The van der Waals surface area contributed by atoms with Gasteiger partial charge in [0.25, 0.3) is 5.56 Å². The van der Waals surface area contributed by atoms with Gasteiger partial charge >= 0.3 is 5.97 Å². The van der Waals surface area contributed by atoms with E-state index in [1.54, 1.807) is 25.1 Å². The first-order chi connectivity index (χ1) is 9.70. The van der Waals surface area contributed by atoms with Crippen LogP contribution in [-0.2, 0) is 4.74 Å². The van der Waals surface area contributed by atoms with E-state index in [0.717, 1.165) is 10.8 Å². The molecule has 2 heterocycles. The molecule has 0 bridgehead atoms. The number of aromatic nitrogens is 2. The van der Waals surface area contributed by atoms with Crippen molar-refractivity contribution in [2.75, 3.05) is 6.61 Å². The molecule has 0 fully saturated rings. The summed E-state index contributed by atoms with van der Waals surface area (Å²) in [5.74, 6) is -0.497. The van der Waals surface area contributed by atoms with E-state index in [1.165, 1.54) is 0 Å². The van der Waals surface area contributed by atoms with Crippen molar-refractivity contribution < 1.29 is 9.53 Å². The molecule has 2 aromatic heterocycles. The van der Waals surface area contributed by atoms with Crippen LogP contribution in [0.4, 0.5) is 0 Å². The maximum absolute atomic E-state index is 12.0. The zero-order valence-electron chi connectivity index (χ0n) is 10.8. The monoisotopic (exact) mass is 268 g/mol. The van der Waals surface area contributed by atoms with Crippen LogP contribution >= 0.6 is 0 Å². The van der Waals surface area contributed by atoms with Gasteiger partial charge in [-0.2, -0.15) is 0 Å². The Morgan fingerprint density at radius 3 is 2.65 bits per heavy atom. The molecule has 0 radical (unpaired) electrons. The number of hydrogen-bond acceptors (Lipinski definition) is 4. The van der Waals surface area contributed by atoms with Crippen LogP contribution in [0, 0.1) is 0 Å². The van der Waals surface area contributed by atoms with Gasteiger partial charge in [0, 0.05) is 10.8 Å². The van der Waals surface area contributed by atoms with Gasteiger partial charge in [-0.1, -0.05) is 18.2 Å². The molecule has 1 aromatic carbocycles. The molecule has 20 heavy (non-hydrogen) atoms. The van der Waals surface area contributed by atoms with Crippen molar-refractivity contribution in [3.05, 3.63) is 52.4 Å². The summed E-state index contributed by atoms with van der Waals surface area (Å²) in [5, 5.41) is 2.22. The third-order valence-corrected chi connectivity index (χ3v) is 3.07. The molecule has 0 aliphatic rings.